The molecule has 0 aromatic heterocycles. The summed E-state index contributed by atoms with van der Waals surface area (Å²) in [6.45, 7) is 19.4. The number of nitrogens with zero attached hydrogens (tertiary/aromatic N) is 1. The maximum atomic E-state index is 4.48. The molecule has 0 unspecified atom stereocenters. The summed E-state index contributed by atoms with van der Waals surface area (Å²) in [6, 6.07) is 17.7. The molecule has 1 heteroatoms. The summed E-state index contributed by atoms with van der Waals surface area (Å²) in [7, 11) is 0. The van der Waals surface area contributed by atoms with Gasteiger partial charge in [-0.3, -0.25) is 0 Å². The zero-order valence-electron chi connectivity index (χ0n) is 25.3. The number of unbranched alkanes of at least 4 members (excludes halogenated alkanes) is 9. The molecule has 0 N–H and O–H groups in total. The molecule has 1 heterocycles. The largest absolute Gasteiger partial charge is 0.344 e. The second kappa shape index (κ2) is 14.0. The van der Waals surface area contributed by atoms with Crippen molar-refractivity contribution in [2.45, 2.75) is 117 Å². The van der Waals surface area contributed by atoms with Crippen LogP contribution in [-0.2, 0) is 10.8 Å². The number of allylic oxidation sites excluding steroid dienone is 5. The Balaban J connectivity index is 1.65. The second-order valence-corrected chi connectivity index (χ2v) is 12.4. The molecule has 0 saturated carbocycles. The zero-order valence-corrected chi connectivity index (χ0v) is 25.3. The van der Waals surface area contributed by atoms with Crippen molar-refractivity contribution in [1.82, 2.24) is 0 Å². The van der Waals surface area contributed by atoms with Gasteiger partial charge in [-0.2, -0.15) is 0 Å². The van der Waals surface area contributed by atoms with Crippen LogP contribution in [0.4, 0.5) is 5.69 Å². The summed E-state index contributed by atoms with van der Waals surface area (Å²) >= 11 is 0. The van der Waals surface area contributed by atoms with Crippen LogP contribution in [0.25, 0.3) is 0 Å². The normalized spacial score (nSPS) is 15.9. The highest BCUT2D eigenvalue weighted by molar-refractivity contribution is 5.70. The number of rotatable bonds is 15. The summed E-state index contributed by atoms with van der Waals surface area (Å²) in [5, 5.41) is 0. The molecular weight excluding hydrogens is 458 g/mol. The number of fused-ring (bicyclic) bond motifs is 1. The third-order valence-corrected chi connectivity index (χ3v) is 8.71. The number of benzene rings is 2. The summed E-state index contributed by atoms with van der Waals surface area (Å²) in [5.74, 6) is 0. The van der Waals surface area contributed by atoms with E-state index in [-0.39, 0.29) is 10.8 Å². The van der Waals surface area contributed by atoms with Crippen molar-refractivity contribution >= 4 is 5.69 Å². The van der Waals surface area contributed by atoms with Gasteiger partial charge in [-0.1, -0.05) is 154 Å². The van der Waals surface area contributed by atoms with Crippen LogP contribution in [0.5, 0.6) is 0 Å². The van der Waals surface area contributed by atoms with Crippen molar-refractivity contribution in [3.63, 3.8) is 0 Å². The third-order valence-electron chi connectivity index (χ3n) is 8.71. The first-order valence-corrected chi connectivity index (χ1v) is 15.2. The smallest absolute Gasteiger partial charge is 0.0450 e. The summed E-state index contributed by atoms with van der Waals surface area (Å²) < 4.78 is 0. The fraction of sp³-hybridized carbons (Fsp3) is 0.514. The van der Waals surface area contributed by atoms with E-state index in [9.17, 15) is 0 Å². The Bertz CT molecular complexity index is 1100. The van der Waals surface area contributed by atoms with E-state index in [0.29, 0.717) is 0 Å². The standard InChI is InChI=1S/C37H53N/c1-8-9-10-11-12-13-14-15-16-21-29-38-34-27-20-19-26-33(34)37(6,7)35(38)28-22-24-31(3)36(4,5)32-25-18-17-23-30(32)2/h17-20,22-28H,3,8-16,21,29H2,1-2,4-7H3/b24-22+,35-28-. The lowest BCUT2D eigenvalue weighted by Gasteiger charge is -2.28. The molecule has 0 aliphatic carbocycles. The minimum atomic E-state index is -0.107. The molecule has 0 radical (unpaired) electrons. The predicted octanol–water partition coefficient (Wildman–Crippen LogP) is 11.0. The quantitative estimate of drug-likeness (QED) is 0.170. The van der Waals surface area contributed by atoms with Crippen molar-refractivity contribution in [2.24, 2.45) is 0 Å². The van der Waals surface area contributed by atoms with Crippen LogP contribution in [-0.4, -0.2) is 6.54 Å². The highest BCUT2D eigenvalue weighted by Crippen LogP contribution is 2.47. The van der Waals surface area contributed by atoms with Crippen molar-refractivity contribution in [2.75, 3.05) is 11.4 Å². The average Bonchev–Trinajstić information content (AvgIpc) is 3.11. The Hall–Kier alpha value is -2.54. The van der Waals surface area contributed by atoms with E-state index in [4.69, 9.17) is 0 Å². The van der Waals surface area contributed by atoms with Crippen molar-refractivity contribution < 1.29 is 0 Å². The monoisotopic (exact) mass is 511 g/mol. The van der Waals surface area contributed by atoms with E-state index >= 15 is 0 Å². The van der Waals surface area contributed by atoms with Gasteiger partial charge in [-0.15, -0.1) is 0 Å². The van der Waals surface area contributed by atoms with Crippen molar-refractivity contribution in [3.05, 3.63) is 101 Å². The van der Waals surface area contributed by atoms with Gasteiger partial charge in [0.05, 0.1) is 0 Å². The first-order valence-electron chi connectivity index (χ1n) is 15.2. The number of hydrogen-bond acceptors (Lipinski definition) is 1. The highest BCUT2D eigenvalue weighted by Gasteiger charge is 2.39. The Labute approximate surface area is 234 Å². The van der Waals surface area contributed by atoms with Gasteiger partial charge in [0.25, 0.3) is 0 Å². The SMILES string of the molecule is C=C(/C=C/C=C1\N(CCCCCCCCCCCC)c2ccccc2C1(C)C)C(C)(C)c1ccccc1C. The number of aryl methyl sites for hydroxylation is 1. The van der Waals surface area contributed by atoms with Gasteiger partial charge in [-0.05, 0) is 47.8 Å². The van der Waals surface area contributed by atoms with Crippen LogP contribution in [0.3, 0.4) is 0 Å². The van der Waals surface area contributed by atoms with E-state index in [1.54, 1.807) is 0 Å². The first kappa shape index (κ1) is 30.0. The fourth-order valence-electron chi connectivity index (χ4n) is 6.05. The van der Waals surface area contributed by atoms with Gasteiger partial charge in [0, 0.05) is 28.8 Å². The number of hydrogen-bond donors (Lipinski definition) is 0. The molecule has 38 heavy (non-hydrogen) atoms. The van der Waals surface area contributed by atoms with E-state index in [2.05, 4.69) is 120 Å². The number of anilines is 1. The van der Waals surface area contributed by atoms with Crippen molar-refractivity contribution in [3.8, 4) is 0 Å². The summed E-state index contributed by atoms with van der Waals surface area (Å²) in [6.07, 6.45) is 20.5. The molecular formula is C37H53N. The Morgan fingerprint density at radius 3 is 2.08 bits per heavy atom. The molecule has 3 rings (SSSR count). The van der Waals surface area contributed by atoms with Gasteiger partial charge < -0.3 is 4.90 Å². The molecule has 1 aliphatic rings. The van der Waals surface area contributed by atoms with Gasteiger partial charge in [0.2, 0.25) is 0 Å². The van der Waals surface area contributed by atoms with Crippen LogP contribution in [0.1, 0.15) is 116 Å². The summed E-state index contributed by atoms with van der Waals surface area (Å²) in [5.41, 5.74) is 7.90. The van der Waals surface area contributed by atoms with Crippen LogP contribution in [0, 0.1) is 6.92 Å². The van der Waals surface area contributed by atoms with Crippen LogP contribution < -0.4 is 4.90 Å². The molecule has 0 fully saturated rings. The third kappa shape index (κ3) is 7.31. The van der Waals surface area contributed by atoms with Gasteiger partial charge in [-0.25, -0.2) is 0 Å². The predicted molar refractivity (Wildman–Crippen MR) is 169 cm³/mol. The van der Waals surface area contributed by atoms with Gasteiger partial charge in [0.1, 0.15) is 0 Å². The molecule has 1 nitrogen and oxygen atoms in total. The lowest BCUT2D eigenvalue weighted by atomic mass is 9.76. The van der Waals surface area contributed by atoms with Gasteiger partial charge in [0.15, 0.2) is 0 Å². The molecule has 0 atom stereocenters. The summed E-state index contributed by atoms with van der Waals surface area (Å²) in [4.78, 5) is 2.58. The Morgan fingerprint density at radius 2 is 1.42 bits per heavy atom. The van der Waals surface area contributed by atoms with E-state index in [1.807, 2.05) is 0 Å². The lowest BCUT2D eigenvalue weighted by Crippen LogP contribution is -2.27. The highest BCUT2D eigenvalue weighted by atomic mass is 15.2. The van der Waals surface area contributed by atoms with Crippen LogP contribution in [0.15, 0.2) is 84.6 Å². The second-order valence-electron chi connectivity index (χ2n) is 12.4. The van der Waals surface area contributed by atoms with Crippen molar-refractivity contribution in [1.29, 1.82) is 0 Å². The maximum Gasteiger partial charge on any atom is 0.0450 e. The fourth-order valence-corrected chi connectivity index (χ4v) is 6.05. The van der Waals surface area contributed by atoms with Gasteiger partial charge >= 0.3 is 0 Å². The average molecular weight is 512 g/mol. The Kier molecular flexibility index (Phi) is 11.1. The lowest BCUT2D eigenvalue weighted by molar-refractivity contribution is 0.554. The minimum Gasteiger partial charge on any atom is -0.344 e. The zero-order chi connectivity index (χ0) is 27.6. The molecule has 0 bridgehead atoms. The molecule has 0 spiro atoms. The van der Waals surface area contributed by atoms with Crippen LogP contribution >= 0.6 is 0 Å². The van der Waals surface area contributed by atoms with E-state index in [1.165, 1.54) is 92.3 Å². The minimum absolute atomic E-state index is 0.00765. The van der Waals surface area contributed by atoms with Crippen LogP contribution in [0.2, 0.25) is 0 Å². The molecule has 2 aromatic carbocycles. The topological polar surface area (TPSA) is 3.24 Å². The van der Waals surface area contributed by atoms with E-state index < -0.39 is 0 Å². The number of para-hydroxylation sites is 1. The maximum absolute atomic E-state index is 4.48. The van der Waals surface area contributed by atoms with E-state index in [0.717, 1.165) is 12.1 Å². The molecule has 1 aliphatic heterocycles. The Morgan fingerprint density at radius 1 is 0.842 bits per heavy atom. The first-order chi connectivity index (χ1) is 18.2. The molecule has 2 aromatic rings. The molecule has 0 saturated heterocycles. The molecule has 206 valence electrons. The molecule has 0 amide bonds.